The number of carbonyl (C=O) groups is 1. The highest BCUT2D eigenvalue weighted by molar-refractivity contribution is 5.90. The van der Waals surface area contributed by atoms with Gasteiger partial charge in [-0.05, 0) is 24.3 Å². The molecule has 0 fully saturated rings. The topological polar surface area (TPSA) is 45.7 Å². The minimum Gasteiger partial charge on any atom is -0.465 e. The van der Waals surface area contributed by atoms with Crippen LogP contribution in [0.2, 0.25) is 0 Å². The molecule has 0 aliphatic carbocycles. The standard InChI is InChI=1S/C16H17N3O2/c1-18-9-10-19(14-6-4-3-5-13(14)18)15-11-12(7-8-17-15)16(20)21-2/h3-8,11H,9-10H2,1-2H3. The summed E-state index contributed by atoms with van der Waals surface area (Å²) < 4.78 is 4.77. The van der Waals surface area contributed by atoms with Gasteiger partial charge in [0.1, 0.15) is 5.82 Å². The molecule has 1 aliphatic rings. The van der Waals surface area contributed by atoms with Crippen molar-refractivity contribution in [1.29, 1.82) is 0 Å². The Balaban J connectivity index is 2.02. The molecule has 21 heavy (non-hydrogen) atoms. The predicted molar refractivity (Wildman–Crippen MR) is 82.3 cm³/mol. The van der Waals surface area contributed by atoms with Crippen molar-refractivity contribution in [2.75, 3.05) is 37.0 Å². The molecule has 0 unspecified atom stereocenters. The highest BCUT2D eigenvalue weighted by Gasteiger charge is 2.22. The van der Waals surface area contributed by atoms with E-state index >= 15 is 0 Å². The summed E-state index contributed by atoms with van der Waals surface area (Å²) in [6.07, 6.45) is 1.64. The van der Waals surface area contributed by atoms with E-state index < -0.39 is 0 Å². The first kappa shape index (κ1) is 13.4. The molecule has 0 saturated carbocycles. The van der Waals surface area contributed by atoms with Gasteiger partial charge in [0.2, 0.25) is 0 Å². The van der Waals surface area contributed by atoms with E-state index in [2.05, 4.69) is 34.0 Å². The first-order chi connectivity index (χ1) is 10.2. The van der Waals surface area contributed by atoms with Crippen molar-refractivity contribution in [3.8, 4) is 0 Å². The van der Waals surface area contributed by atoms with Crippen LogP contribution in [0.1, 0.15) is 10.4 Å². The van der Waals surface area contributed by atoms with Crippen LogP contribution >= 0.6 is 0 Å². The Morgan fingerprint density at radius 1 is 1.19 bits per heavy atom. The molecule has 0 radical (unpaired) electrons. The summed E-state index contributed by atoms with van der Waals surface area (Å²) in [6.45, 7) is 1.73. The highest BCUT2D eigenvalue weighted by Crippen LogP contribution is 2.35. The van der Waals surface area contributed by atoms with Crippen molar-refractivity contribution in [2.45, 2.75) is 0 Å². The average molecular weight is 283 g/mol. The molecule has 1 aromatic carbocycles. The van der Waals surface area contributed by atoms with Crippen LogP contribution in [-0.2, 0) is 4.74 Å². The van der Waals surface area contributed by atoms with Crippen LogP contribution in [0.3, 0.4) is 0 Å². The normalized spacial score (nSPS) is 13.8. The van der Waals surface area contributed by atoms with Gasteiger partial charge >= 0.3 is 5.97 Å². The van der Waals surface area contributed by atoms with Crippen LogP contribution in [0.25, 0.3) is 0 Å². The Bertz CT molecular complexity index is 672. The van der Waals surface area contributed by atoms with Crippen molar-refractivity contribution >= 4 is 23.2 Å². The van der Waals surface area contributed by atoms with Crippen LogP contribution < -0.4 is 9.80 Å². The number of carbonyl (C=O) groups excluding carboxylic acids is 1. The summed E-state index contributed by atoms with van der Waals surface area (Å²) in [5.41, 5.74) is 2.77. The minimum atomic E-state index is -0.346. The first-order valence-corrected chi connectivity index (χ1v) is 6.83. The first-order valence-electron chi connectivity index (χ1n) is 6.83. The number of aromatic nitrogens is 1. The lowest BCUT2D eigenvalue weighted by molar-refractivity contribution is 0.0600. The Morgan fingerprint density at radius 3 is 2.71 bits per heavy atom. The molecule has 5 heteroatoms. The van der Waals surface area contributed by atoms with Gasteiger partial charge in [0.25, 0.3) is 0 Å². The summed E-state index contributed by atoms with van der Waals surface area (Å²) in [5, 5.41) is 0. The number of rotatable bonds is 2. The Hall–Kier alpha value is -2.56. The van der Waals surface area contributed by atoms with Gasteiger partial charge in [-0.25, -0.2) is 9.78 Å². The number of benzene rings is 1. The number of hydrogen-bond donors (Lipinski definition) is 0. The Labute approximate surface area is 123 Å². The predicted octanol–water partition coefficient (Wildman–Crippen LogP) is 2.46. The third-order valence-corrected chi connectivity index (χ3v) is 3.69. The third-order valence-electron chi connectivity index (χ3n) is 3.69. The van der Waals surface area contributed by atoms with Crippen LogP contribution in [0.4, 0.5) is 17.2 Å². The van der Waals surface area contributed by atoms with Gasteiger partial charge in [0.05, 0.1) is 24.0 Å². The molecule has 3 rings (SSSR count). The van der Waals surface area contributed by atoms with Crippen LogP contribution in [0.15, 0.2) is 42.6 Å². The van der Waals surface area contributed by atoms with E-state index in [1.807, 2.05) is 12.1 Å². The van der Waals surface area contributed by atoms with Crippen molar-refractivity contribution in [3.63, 3.8) is 0 Å². The zero-order valence-corrected chi connectivity index (χ0v) is 12.1. The number of esters is 1. The van der Waals surface area contributed by atoms with Gasteiger partial charge in [-0.2, -0.15) is 0 Å². The molecule has 0 N–H and O–H groups in total. The van der Waals surface area contributed by atoms with E-state index in [0.29, 0.717) is 5.56 Å². The molecule has 5 nitrogen and oxygen atoms in total. The fourth-order valence-corrected chi connectivity index (χ4v) is 2.55. The minimum absolute atomic E-state index is 0.346. The largest absolute Gasteiger partial charge is 0.465 e. The number of likely N-dealkylation sites (N-methyl/N-ethyl adjacent to an activating group) is 1. The lowest BCUT2D eigenvalue weighted by Crippen LogP contribution is -2.36. The third kappa shape index (κ3) is 2.42. The average Bonchev–Trinajstić information content (AvgIpc) is 2.55. The van der Waals surface area contributed by atoms with Crippen LogP contribution in [0, 0.1) is 0 Å². The summed E-state index contributed by atoms with van der Waals surface area (Å²) in [4.78, 5) is 20.4. The second kappa shape index (κ2) is 5.44. The molecule has 0 spiro atoms. The number of pyridine rings is 1. The number of fused-ring (bicyclic) bond motifs is 1. The molecular weight excluding hydrogens is 266 g/mol. The van der Waals surface area contributed by atoms with E-state index in [9.17, 15) is 4.79 Å². The quantitative estimate of drug-likeness (QED) is 0.792. The zero-order chi connectivity index (χ0) is 14.8. The number of para-hydroxylation sites is 2. The smallest absolute Gasteiger partial charge is 0.338 e. The van der Waals surface area contributed by atoms with Crippen LogP contribution in [-0.4, -0.2) is 38.2 Å². The van der Waals surface area contributed by atoms with Gasteiger partial charge in [-0.15, -0.1) is 0 Å². The van der Waals surface area contributed by atoms with Gasteiger partial charge in [0.15, 0.2) is 0 Å². The Kier molecular flexibility index (Phi) is 3.48. The second-order valence-corrected chi connectivity index (χ2v) is 4.96. The van der Waals surface area contributed by atoms with Gasteiger partial charge in [0, 0.05) is 26.3 Å². The number of methoxy groups -OCH3 is 1. The van der Waals surface area contributed by atoms with E-state index in [0.717, 1.165) is 30.3 Å². The second-order valence-electron chi connectivity index (χ2n) is 4.96. The van der Waals surface area contributed by atoms with Crippen molar-refractivity contribution in [3.05, 3.63) is 48.2 Å². The Morgan fingerprint density at radius 2 is 1.95 bits per heavy atom. The molecule has 1 aromatic heterocycles. The summed E-state index contributed by atoms with van der Waals surface area (Å²) in [7, 11) is 3.46. The van der Waals surface area contributed by atoms with Crippen molar-refractivity contribution in [2.24, 2.45) is 0 Å². The molecule has 0 amide bonds. The molecule has 108 valence electrons. The summed E-state index contributed by atoms with van der Waals surface area (Å²) >= 11 is 0. The molecule has 0 atom stereocenters. The van der Waals surface area contributed by atoms with Crippen LogP contribution in [0.5, 0.6) is 0 Å². The fourth-order valence-electron chi connectivity index (χ4n) is 2.55. The van der Waals surface area contributed by atoms with E-state index in [-0.39, 0.29) is 5.97 Å². The maximum Gasteiger partial charge on any atom is 0.338 e. The van der Waals surface area contributed by atoms with E-state index in [4.69, 9.17) is 4.74 Å². The molecule has 0 bridgehead atoms. The lowest BCUT2D eigenvalue weighted by atomic mass is 10.1. The molecule has 2 heterocycles. The zero-order valence-electron chi connectivity index (χ0n) is 12.1. The monoisotopic (exact) mass is 283 g/mol. The van der Waals surface area contributed by atoms with E-state index in [1.165, 1.54) is 7.11 Å². The van der Waals surface area contributed by atoms with Gasteiger partial charge in [-0.1, -0.05) is 12.1 Å². The van der Waals surface area contributed by atoms with E-state index in [1.54, 1.807) is 18.3 Å². The lowest BCUT2D eigenvalue weighted by Gasteiger charge is -2.36. The maximum atomic E-state index is 11.7. The van der Waals surface area contributed by atoms with Crippen molar-refractivity contribution in [1.82, 2.24) is 4.98 Å². The maximum absolute atomic E-state index is 11.7. The highest BCUT2D eigenvalue weighted by atomic mass is 16.5. The molecule has 0 saturated heterocycles. The summed E-state index contributed by atoms with van der Waals surface area (Å²) in [5.74, 6) is 0.416. The molecule has 2 aromatic rings. The number of ether oxygens (including phenoxy) is 1. The molecule has 1 aliphatic heterocycles. The SMILES string of the molecule is COC(=O)c1ccnc(N2CCN(C)c3ccccc32)c1. The fraction of sp³-hybridized carbons (Fsp3) is 0.250. The molecular formula is C16H17N3O2. The number of hydrogen-bond acceptors (Lipinski definition) is 5. The summed E-state index contributed by atoms with van der Waals surface area (Å²) in [6, 6.07) is 11.6. The number of anilines is 3. The van der Waals surface area contributed by atoms with Gasteiger partial charge in [-0.3, -0.25) is 0 Å². The number of nitrogens with zero attached hydrogens (tertiary/aromatic N) is 3. The van der Waals surface area contributed by atoms with Crippen molar-refractivity contribution < 1.29 is 9.53 Å². The van der Waals surface area contributed by atoms with Gasteiger partial charge < -0.3 is 14.5 Å².